The molecule has 1 aliphatic heterocycles. The Hall–Kier alpha value is -2.40. The second kappa shape index (κ2) is 6.01. The maximum absolute atomic E-state index is 12.2. The molecule has 1 saturated heterocycles. The van der Waals surface area contributed by atoms with Crippen LogP contribution in [0.15, 0.2) is 58.6 Å². The number of nitrogens with one attached hydrogen (secondary N) is 1. The van der Waals surface area contributed by atoms with Gasteiger partial charge >= 0.3 is 0 Å². The lowest BCUT2D eigenvalue weighted by Crippen LogP contribution is -2.21. The van der Waals surface area contributed by atoms with E-state index in [4.69, 9.17) is 0 Å². The number of aliphatic hydroxyl groups excluding tert-OH is 1. The van der Waals surface area contributed by atoms with Crippen molar-refractivity contribution in [3.63, 3.8) is 0 Å². The van der Waals surface area contributed by atoms with Crippen molar-refractivity contribution >= 4 is 33.4 Å². The van der Waals surface area contributed by atoms with Gasteiger partial charge in [-0.1, -0.05) is 57.9 Å². The Balaban J connectivity index is 2.10. The van der Waals surface area contributed by atoms with Crippen LogP contribution in [-0.4, -0.2) is 16.8 Å². The van der Waals surface area contributed by atoms with Crippen molar-refractivity contribution in [2.24, 2.45) is 0 Å². The van der Waals surface area contributed by atoms with Crippen LogP contribution in [0.4, 0.5) is 0 Å². The van der Waals surface area contributed by atoms with Crippen LogP contribution in [0.25, 0.3) is 5.76 Å². The van der Waals surface area contributed by atoms with E-state index in [0.717, 1.165) is 15.6 Å². The lowest BCUT2D eigenvalue weighted by molar-refractivity contribution is -0.133. The van der Waals surface area contributed by atoms with Crippen LogP contribution in [-0.2, 0) is 9.59 Å². The van der Waals surface area contributed by atoms with E-state index in [-0.39, 0.29) is 11.3 Å². The third-order valence-electron chi connectivity index (χ3n) is 3.80. The molecular formula is C18H14BrNO3. The Kier molecular flexibility index (Phi) is 4.05. The van der Waals surface area contributed by atoms with Gasteiger partial charge in [-0.2, -0.15) is 0 Å². The molecule has 0 aromatic heterocycles. The molecule has 1 atom stereocenters. The monoisotopic (exact) mass is 371 g/mol. The van der Waals surface area contributed by atoms with Gasteiger partial charge in [0.1, 0.15) is 5.76 Å². The van der Waals surface area contributed by atoms with E-state index in [2.05, 4.69) is 21.2 Å². The van der Waals surface area contributed by atoms with Crippen LogP contribution in [0.2, 0.25) is 0 Å². The molecule has 2 aromatic rings. The number of hydrogen-bond acceptors (Lipinski definition) is 3. The number of benzene rings is 2. The Morgan fingerprint density at radius 1 is 1.04 bits per heavy atom. The first kappa shape index (κ1) is 15.5. The van der Waals surface area contributed by atoms with E-state index in [1.54, 1.807) is 24.3 Å². The minimum atomic E-state index is -0.700. The number of rotatable bonds is 2. The molecule has 1 amide bonds. The van der Waals surface area contributed by atoms with E-state index in [1.165, 1.54) is 0 Å². The number of aryl methyl sites for hydroxylation is 1. The molecule has 0 unspecified atom stereocenters. The molecule has 4 nitrogen and oxygen atoms in total. The molecule has 5 heteroatoms. The summed E-state index contributed by atoms with van der Waals surface area (Å²) in [5.41, 5.74) is 2.41. The van der Waals surface area contributed by atoms with E-state index < -0.39 is 17.7 Å². The summed E-state index contributed by atoms with van der Waals surface area (Å²) in [5, 5.41) is 13.2. The highest BCUT2D eigenvalue weighted by Crippen LogP contribution is 2.33. The molecule has 1 aliphatic rings. The molecule has 0 saturated carbocycles. The van der Waals surface area contributed by atoms with Crippen molar-refractivity contribution in [2.45, 2.75) is 13.0 Å². The maximum Gasteiger partial charge on any atom is 0.293 e. The van der Waals surface area contributed by atoms with Gasteiger partial charge < -0.3 is 10.4 Å². The zero-order valence-corrected chi connectivity index (χ0v) is 13.9. The molecule has 0 bridgehead atoms. The van der Waals surface area contributed by atoms with Gasteiger partial charge in [0.2, 0.25) is 0 Å². The summed E-state index contributed by atoms with van der Waals surface area (Å²) in [5.74, 6) is -1.57. The number of halogens is 1. The van der Waals surface area contributed by atoms with Gasteiger partial charge in [0.25, 0.3) is 11.7 Å². The van der Waals surface area contributed by atoms with E-state index in [1.807, 2.05) is 31.2 Å². The first-order valence-electron chi connectivity index (χ1n) is 7.08. The topological polar surface area (TPSA) is 66.4 Å². The molecule has 0 radical (unpaired) electrons. The fraction of sp³-hybridized carbons (Fsp3) is 0.111. The quantitative estimate of drug-likeness (QED) is 0.482. The van der Waals surface area contributed by atoms with Gasteiger partial charge in [-0.05, 0) is 24.6 Å². The van der Waals surface area contributed by atoms with Crippen molar-refractivity contribution in [1.82, 2.24) is 5.32 Å². The zero-order chi connectivity index (χ0) is 16.6. The average molecular weight is 372 g/mol. The van der Waals surface area contributed by atoms with Crippen molar-refractivity contribution in [3.05, 3.63) is 75.3 Å². The third-order valence-corrected chi connectivity index (χ3v) is 4.33. The van der Waals surface area contributed by atoms with Gasteiger partial charge in [-0.15, -0.1) is 0 Å². The van der Waals surface area contributed by atoms with Gasteiger partial charge in [-0.25, -0.2) is 0 Å². The highest BCUT2D eigenvalue weighted by Gasteiger charge is 2.39. The van der Waals surface area contributed by atoms with E-state index in [0.29, 0.717) is 5.56 Å². The number of hydrogen-bond donors (Lipinski definition) is 2. The van der Waals surface area contributed by atoms with Crippen molar-refractivity contribution in [3.8, 4) is 0 Å². The number of carbonyl (C=O) groups is 2. The minimum absolute atomic E-state index is 0.0844. The fourth-order valence-electron chi connectivity index (χ4n) is 2.54. The SMILES string of the molecule is Cc1ccc([C@H]2NC(=O)C(=O)C2=C(O)c2ccc(Br)cc2)cc1. The van der Waals surface area contributed by atoms with Gasteiger partial charge in [0.15, 0.2) is 0 Å². The first-order valence-corrected chi connectivity index (χ1v) is 7.87. The molecule has 23 heavy (non-hydrogen) atoms. The Labute approximate surface area is 142 Å². The minimum Gasteiger partial charge on any atom is -0.507 e. The fourth-order valence-corrected chi connectivity index (χ4v) is 2.80. The molecular weight excluding hydrogens is 358 g/mol. The standard InChI is InChI=1S/C18H14BrNO3/c1-10-2-4-11(5-3-10)15-14(17(22)18(23)20-15)16(21)12-6-8-13(19)9-7-12/h2-9,15,21H,1H3,(H,20,23)/t15-/m1/s1. The smallest absolute Gasteiger partial charge is 0.293 e. The van der Waals surface area contributed by atoms with Crippen molar-refractivity contribution in [2.75, 3.05) is 0 Å². The second-order valence-electron chi connectivity index (χ2n) is 5.42. The molecule has 3 rings (SSSR count). The molecule has 2 N–H and O–H groups in total. The third kappa shape index (κ3) is 2.92. The summed E-state index contributed by atoms with van der Waals surface area (Å²) in [4.78, 5) is 24.0. The summed E-state index contributed by atoms with van der Waals surface area (Å²) in [6, 6.07) is 13.8. The summed E-state index contributed by atoms with van der Waals surface area (Å²) < 4.78 is 0.862. The molecule has 1 fully saturated rings. The lowest BCUT2D eigenvalue weighted by Gasteiger charge is -2.14. The van der Waals surface area contributed by atoms with Gasteiger partial charge in [0.05, 0.1) is 11.6 Å². The first-order chi connectivity index (χ1) is 11.0. The van der Waals surface area contributed by atoms with E-state index in [9.17, 15) is 14.7 Å². The van der Waals surface area contributed by atoms with Gasteiger partial charge in [-0.3, -0.25) is 9.59 Å². The van der Waals surface area contributed by atoms with Crippen molar-refractivity contribution < 1.29 is 14.7 Å². The number of ketones is 1. The molecule has 1 heterocycles. The molecule has 0 spiro atoms. The summed E-state index contributed by atoms with van der Waals surface area (Å²) in [6.07, 6.45) is 0. The number of amides is 1. The number of Topliss-reactive ketones (excluding diaryl/α,β-unsaturated/α-hetero) is 1. The zero-order valence-electron chi connectivity index (χ0n) is 12.3. The van der Waals surface area contributed by atoms with Crippen molar-refractivity contribution in [1.29, 1.82) is 0 Å². The highest BCUT2D eigenvalue weighted by molar-refractivity contribution is 9.10. The highest BCUT2D eigenvalue weighted by atomic mass is 79.9. The molecule has 2 aromatic carbocycles. The van der Waals surface area contributed by atoms with Crippen LogP contribution in [0.1, 0.15) is 22.7 Å². The second-order valence-corrected chi connectivity index (χ2v) is 6.33. The average Bonchev–Trinajstić information content (AvgIpc) is 2.84. The Morgan fingerprint density at radius 3 is 2.26 bits per heavy atom. The number of carbonyl (C=O) groups excluding carboxylic acids is 2. The largest absolute Gasteiger partial charge is 0.507 e. The maximum atomic E-state index is 12.2. The van der Waals surface area contributed by atoms with Crippen LogP contribution in [0, 0.1) is 6.92 Å². The summed E-state index contributed by atoms with van der Waals surface area (Å²) in [6.45, 7) is 1.96. The lowest BCUT2D eigenvalue weighted by atomic mass is 9.95. The van der Waals surface area contributed by atoms with E-state index >= 15 is 0 Å². The van der Waals surface area contributed by atoms with Crippen LogP contribution in [0.3, 0.4) is 0 Å². The van der Waals surface area contributed by atoms with Gasteiger partial charge in [0, 0.05) is 10.0 Å². The van der Waals surface area contributed by atoms with Crippen LogP contribution >= 0.6 is 15.9 Å². The predicted octanol–water partition coefficient (Wildman–Crippen LogP) is 3.47. The summed E-state index contributed by atoms with van der Waals surface area (Å²) in [7, 11) is 0. The normalized spacial score (nSPS) is 19.7. The van der Waals surface area contributed by atoms with Crippen LogP contribution < -0.4 is 5.32 Å². The van der Waals surface area contributed by atoms with Crippen LogP contribution in [0.5, 0.6) is 0 Å². The summed E-state index contributed by atoms with van der Waals surface area (Å²) >= 11 is 3.32. The number of aliphatic hydroxyl groups is 1. The Morgan fingerprint density at radius 2 is 1.65 bits per heavy atom. The molecule has 116 valence electrons. The predicted molar refractivity (Wildman–Crippen MR) is 90.8 cm³/mol. The molecule has 0 aliphatic carbocycles. The Bertz CT molecular complexity index is 807.